The van der Waals surface area contributed by atoms with Crippen molar-refractivity contribution >= 4 is 17.0 Å². The second-order valence-corrected chi connectivity index (χ2v) is 4.85. The smallest absolute Gasteiger partial charge is 0.310 e. The summed E-state index contributed by atoms with van der Waals surface area (Å²) in [5.41, 5.74) is 2.63. The van der Waals surface area contributed by atoms with Gasteiger partial charge in [0.1, 0.15) is 5.82 Å². The van der Waals surface area contributed by atoms with Crippen LogP contribution >= 0.6 is 0 Å². The highest BCUT2D eigenvalue weighted by molar-refractivity contribution is 5.81. The molecule has 0 saturated carbocycles. The van der Waals surface area contributed by atoms with Crippen LogP contribution in [0.1, 0.15) is 50.4 Å². The zero-order valence-corrected chi connectivity index (χ0v) is 10.9. The number of nitrogens with one attached hydrogen (secondary N) is 1. The molecule has 0 saturated heterocycles. The highest BCUT2D eigenvalue weighted by Crippen LogP contribution is 2.24. The van der Waals surface area contributed by atoms with E-state index in [4.69, 9.17) is 5.11 Å². The minimum atomic E-state index is -0.777. The first-order valence-corrected chi connectivity index (χ1v) is 6.25. The summed E-state index contributed by atoms with van der Waals surface area (Å²) >= 11 is 0. The third-order valence-corrected chi connectivity index (χ3v) is 3.18. The van der Waals surface area contributed by atoms with Crippen molar-refractivity contribution in [3.05, 3.63) is 29.6 Å². The van der Waals surface area contributed by atoms with Gasteiger partial charge in [0, 0.05) is 5.92 Å². The Morgan fingerprint density at radius 2 is 2.17 bits per heavy atom. The first-order chi connectivity index (χ1) is 8.52. The maximum absolute atomic E-state index is 11.2. The van der Waals surface area contributed by atoms with Gasteiger partial charge in [0.15, 0.2) is 0 Å². The minimum absolute atomic E-state index is 0.335. The number of hydrogen-bond donors (Lipinski definition) is 2. The van der Waals surface area contributed by atoms with Gasteiger partial charge in [-0.2, -0.15) is 0 Å². The Labute approximate surface area is 106 Å². The molecule has 0 spiro atoms. The molecule has 1 aromatic carbocycles. The van der Waals surface area contributed by atoms with E-state index in [1.807, 2.05) is 25.1 Å². The highest BCUT2D eigenvalue weighted by atomic mass is 16.4. The lowest BCUT2D eigenvalue weighted by molar-refractivity contribution is -0.138. The van der Waals surface area contributed by atoms with Crippen molar-refractivity contribution in [2.75, 3.05) is 0 Å². The van der Waals surface area contributed by atoms with E-state index < -0.39 is 11.9 Å². The topological polar surface area (TPSA) is 66.0 Å². The van der Waals surface area contributed by atoms with E-state index >= 15 is 0 Å². The predicted molar refractivity (Wildman–Crippen MR) is 70.9 cm³/mol. The van der Waals surface area contributed by atoms with Gasteiger partial charge in [-0.1, -0.05) is 26.8 Å². The summed E-state index contributed by atoms with van der Waals surface area (Å²) in [6.45, 7) is 6.03. The number of carbonyl (C=O) groups is 1. The van der Waals surface area contributed by atoms with Crippen molar-refractivity contribution in [2.24, 2.45) is 0 Å². The van der Waals surface area contributed by atoms with Crippen molar-refractivity contribution in [3.63, 3.8) is 0 Å². The SMILES string of the molecule is CCC(C(=O)O)c1ccc2nc(C(C)C)[nH]c2c1. The molecule has 2 N–H and O–H groups in total. The van der Waals surface area contributed by atoms with Crippen LogP contribution in [0.15, 0.2) is 18.2 Å². The van der Waals surface area contributed by atoms with Crippen LogP contribution < -0.4 is 0 Å². The second-order valence-electron chi connectivity index (χ2n) is 4.85. The Balaban J connectivity index is 2.46. The Morgan fingerprint density at radius 3 is 2.72 bits per heavy atom. The molecule has 1 heterocycles. The standard InChI is InChI=1S/C14H18N2O2/c1-4-10(14(17)18)9-5-6-11-12(7-9)16-13(15-11)8(2)3/h5-8,10H,4H2,1-3H3,(H,15,16)(H,17,18). The number of fused-ring (bicyclic) bond motifs is 1. The van der Waals surface area contributed by atoms with Gasteiger partial charge in [-0.25, -0.2) is 4.98 Å². The van der Waals surface area contributed by atoms with Gasteiger partial charge < -0.3 is 10.1 Å². The van der Waals surface area contributed by atoms with Crippen LogP contribution in [0.5, 0.6) is 0 Å². The summed E-state index contributed by atoms with van der Waals surface area (Å²) in [4.78, 5) is 18.9. The Kier molecular flexibility index (Phi) is 3.36. The number of nitrogens with zero attached hydrogens (tertiary/aromatic N) is 1. The van der Waals surface area contributed by atoms with Crippen LogP contribution in [0.25, 0.3) is 11.0 Å². The molecule has 1 atom stereocenters. The van der Waals surface area contributed by atoms with E-state index in [2.05, 4.69) is 23.8 Å². The van der Waals surface area contributed by atoms with Gasteiger partial charge in [-0.05, 0) is 24.1 Å². The Morgan fingerprint density at radius 1 is 1.44 bits per heavy atom. The third kappa shape index (κ3) is 2.23. The van der Waals surface area contributed by atoms with Crippen molar-refractivity contribution in [1.82, 2.24) is 9.97 Å². The molecule has 1 unspecified atom stereocenters. The van der Waals surface area contributed by atoms with Crippen LogP contribution in [0.2, 0.25) is 0 Å². The number of imidazole rings is 1. The van der Waals surface area contributed by atoms with Crippen LogP contribution in [-0.4, -0.2) is 21.0 Å². The van der Waals surface area contributed by atoms with Crippen LogP contribution in [0, 0.1) is 0 Å². The van der Waals surface area contributed by atoms with E-state index in [-0.39, 0.29) is 0 Å². The lowest BCUT2D eigenvalue weighted by Crippen LogP contribution is -2.10. The number of carboxylic acid groups (broad SMARTS) is 1. The van der Waals surface area contributed by atoms with E-state index in [9.17, 15) is 4.79 Å². The molecule has 1 aromatic heterocycles. The lowest BCUT2D eigenvalue weighted by Gasteiger charge is -2.09. The summed E-state index contributed by atoms with van der Waals surface area (Å²) in [7, 11) is 0. The molecule has 0 amide bonds. The highest BCUT2D eigenvalue weighted by Gasteiger charge is 2.18. The molecular weight excluding hydrogens is 228 g/mol. The van der Waals surface area contributed by atoms with Gasteiger partial charge in [0.25, 0.3) is 0 Å². The van der Waals surface area contributed by atoms with E-state index in [0.29, 0.717) is 12.3 Å². The molecule has 0 bridgehead atoms. The van der Waals surface area contributed by atoms with Gasteiger partial charge >= 0.3 is 5.97 Å². The molecule has 4 heteroatoms. The van der Waals surface area contributed by atoms with E-state index in [0.717, 1.165) is 22.4 Å². The van der Waals surface area contributed by atoms with Crippen molar-refractivity contribution in [2.45, 2.75) is 39.0 Å². The predicted octanol–water partition coefficient (Wildman–Crippen LogP) is 3.26. The maximum atomic E-state index is 11.2. The summed E-state index contributed by atoms with van der Waals surface area (Å²) < 4.78 is 0. The fourth-order valence-electron chi connectivity index (χ4n) is 2.09. The molecular formula is C14H18N2O2. The molecule has 0 fully saturated rings. The monoisotopic (exact) mass is 246 g/mol. The first-order valence-electron chi connectivity index (χ1n) is 6.25. The van der Waals surface area contributed by atoms with Crippen molar-refractivity contribution in [3.8, 4) is 0 Å². The quantitative estimate of drug-likeness (QED) is 0.870. The second kappa shape index (κ2) is 4.80. The summed E-state index contributed by atoms with van der Waals surface area (Å²) in [5, 5.41) is 9.17. The van der Waals surface area contributed by atoms with Crippen LogP contribution in [0.4, 0.5) is 0 Å². The number of carboxylic acids is 1. The Bertz CT molecular complexity index is 572. The lowest BCUT2D eigenvalue weighted by atomic mass is 9.96. The summed E-state index contributed by atoms with van der Waals surface area (Å²) in [5.74, 6) is 0.0495. The number of aliphatic carboxylic acids is 1. The average Bonchev–Trinajstić information content (AvgIpc) is 2.72. The van der Waals surface area contributed by atoms with Crippen molar-refractivity contribution < 1.29 is 9.90 Å². The largest absolute Gasteiger partial charge is 0.481 e. The number of aromatic nitrogens is 2. The zero-order chi connectivity index (χ0) is 13.3. The fraction of sp³-hybridized carbons (Fsp3) is 0.429. The van der Waals surface area contributed by atoms with Crippen LogP contribution in [0.3, 0.4) is 0 Å². The molecule has 0 aliphatic carbocycles. The zero-order valence-electron chi connectivity index (χ0n) is 10.9. The third-order valence-electron chi connectivity index (χ3n) is 3.18. The number of benzene rings is 1. The summed E-state index contributed by atoms with van der Waals surface area (Å²) in [6, 6.07) is 5.64. The Hall–Kier alpha value is -1.84. The number of rotatable bonds is 4. The summed E-state index contributed by atoms with van der Waals surface area (Å²) in [6.07, 6.45) is 0.589. The van der Waals surface area contributed by atoms with Gasteiger partial charge in [0.2, 0.25) is 0 Å². The molecule has 0 radical (unpaired) electrons. The van der Waals surface area contributed by atoms with E-state index in [1.54, 1.807) is 0 Å². The normalized spacial score (nSPS) is 13.1. The first kappa shape index (κ1) is 12.6. The van der Waals surface area contributed by atoms with Crippen molar-refractivity contribution in [1.29, 1.82) is 0 Å². The average molecular weight is 246 g/mol. The molecule has 0 aliphatic heterocycles. The van der Waals surface area contributed by atoms with Gasteiger partial charge in [-0.15, -0.1) is 0 Å². The number of aromatic amines is 1. The number of hydrogen-bond acceptors (Lipinski definition) is 2. The molecule has 2 rings (SSSR count). The van der Waals surface area contributed by atoms with Gasteiger partial charge in [-0.3, -0.25) is 4.79 Å². The van der Waals surface area contributed by atoms with Gasteiger partial charge in [0.05, 0.1) is 17.0 Å². The molecule has 0 aliphatic rings. The molecule has 4 nitrogen and oxygen atoms in total. The van der Waals surface area contributed by atoms with Crippen LogP contribution in [-0.2, 0) is 4.79 Å². The number of H-pyrrole nitrogens is 1. The molecule has 96 valence electrons. The minimum Gasteiger partial charge on any atom is -0.481 e. The van der Waals surface area contributed by atoms with E-state index in [1.165, 1.54) is 0 Å². The molecule has 18 heavy (non-hydrogen) atoms. The maximum Gasteiger partial charge on any atom is 0.310 e. The molecule has 2 aromatic rings. The fourth-order valence-corrected chi connectivity index (χ4v) is 2.09.